The van der Waals surface area contributed by atoms with Gasteiger partial charge in [0.15, 0.2) is 6.04 Å². The molecule has 0 aliphatic carbocycles. The monoisotopic (exact) mass is 589 g/mol. The summed E-state index contributed by atoms with van der Waals surface area (Å²) < 4.78 is 23.3. The number of hydrogen-bond donors (Lipinski definition) is 1. The quantitative estimate of drug-likeness (QED) is 0.342. The van der Waals surface area contributed by atoms with E-state index in [4.69, 9.17) is 30.5 Å². The van der Waals surface area contributed by atoms with Crippen LogP contribution in [0, 0.1) is 11.3 Å². The highest BCUT2D eigenvalue weighted by Gasteiger charge is 2.37. The van der Waals surface area contributed by atoms with E-state index in [1.54, 1.807) is 53.8 Å². The molecule has 0 unspecified atom stereocenters. The molecule has 0 aliphatic heterocycles. The summed E-state index contributed by atoms with van der Waals surface area (Å²) in [5, 5.41) is 19.5. The number of phenolic OH excluding ortho intramolecular Hbond substituents is 1. The van der Waals surface area contributed by atoms with Gasteiger partial charge in [0, 0.05) is 29.6 Å². The summed E-state index contributed by atoms with van der Waals surface area (Å²) in [4.78, 5) is 32.3. The molecule has 1 aromatic carbocycles. The molecule has 0 radical (unpaired) electrons. The van der Waals surface area contributed by atoms with Gasteiger partial charge in [0.25, 0.3) is 0 Å². The van der Waals surface area contributed by atoms with Crippen LogP contribution in [0.5, 0.6) is 11.5 Å². The van der Waals surface area contributed by atoms with E-state index in [0.29, 0.717) is 16.7 Å². The van der Waals surface area contributed by atoms with Crippen molar-refractivity contribution in [1.82, 2.24) is 9.88 Å². The number of carbonyl (C=O) groups is 2. The van der Waals surface area contributed by atoms with Crippen LogP contribution in [0.4, 0.5) is 4.79 Å². The number of halogens is 1. The molecule has 1 aromatic heterocycles. The summed E-state index contributed by atoms with van der Waals surface area (Å²) in [5.74, 6) is -0.722. The maximum absolute atomic E-state index is 13.6. The zero-order chi connectivity index (χ0) is 31.2. The maximum Gasteiger partial charge on any atom is 0.411 e. The molecule has 1 N–H and O–H groups in total. The maximum atomic E-state index is 13.6. The average Bonchev–Trinajstić information content (AvgIpc) is 2.81. The number of rotatable bonds is 9. The molecule has 0 bridgehead atoms. The summed E-state index contributed by atoms with van der Waals surface area (Å²) in [7, 11) is 0. The third kappa shape index (κ3) is 11.5. The second kappa shape index (κ2) is 13.4. The van der Waals surface area contributed by atoms with Crippen molar-refractivity contribution < 1.29 is 33.6 Å². The fraction of sp³-hybridized carbons (Fsp3) is 0.533. The van der Waals surface area contributed by atoms with Gasteiger partial charge < -0.3 is 24.1 Å². The van der Waals surface area contributed by atoms with Gasteiger partial charge in [-0.15, -0.1) is 0 Å². The van der Waals surface area contributed by atoms with Crippen molar-refractivity contribution in [2.24, 2.45) is 0 Å². The first-order chi connectivity index (χ1) is 18.8. The van der Waals surface area contributed by atoms with E-state index in [9.17, 15) is 20.0 Å². The zero-order valence-corrected chi connectivity index (χ0v) is 26.0. The molecule has 1 atom stereocenters. The Morgan fingerprint density at radius 2 is 1.63 bits per heavy atom. The van der Waals surface area contributed by atoms with Gasteiger partial charge in [-0.1, -0.05) is 11.6 Å². The molecule has 2 aromatic rings. The van der Waals surface area contributed by atoms with Crippen molar-refractivity contribution >= 4 is 23.7 Å². The van der Waals surface area contributed by atoms with Crippen molar-refractivity contribution in [1.29, 1.82) is 5.26 Å². The molecule has 41 heavy (non-hydrogen) atoms. The average molecular weight is 590 g/mol. The Kier molecular flexibility index (Phi) is 11.0. The predicted molar refractivity (Wildman–Crippen MR) is 154 cm³/mol. The number of esters is 1. The van der Waals surface area contributed by atoms with E-state index in [1.165, 1.54) is 23.2 Å². The van der Waals surface area contributed by atoms with E-state index in [2.05, 4.69) is 4.98 Å². The van der Waals surface area contributed by atoms with Crippen LogP contribution in [0.2, 0.25) is 5.02 Å². The van der Waals surface area contributed by atoms with Crippen LogP contribution in [-0.2, 0) is 32.2 Å². The minimum atomic E-state index is -1.19. The van der Waals surface area contributed by atoms with Gasteiger partial charge in [-0.25, -0.2) is 9.59 Å². The normalized spacial score (nSPS) is 12.7. The molecular formula is C30H40ClN3O7. The number of ether oxygens (including phenoxy) is 4. The molecule has 1 amide bonds. The minimum absolute atomic E-state index is 0.00561. The second-order valence-electron chi connectivity index (χ2n) is 12.5. The molecule has 0 spiro atoms. The lowest BCUT2D eigenvalue weighted by atomic mass is 10.1. The van der Waals surface area contributed by atoms with Crippen molar-refractivity contribution in [2.75, 3.05) is 6.61 Å². The van der Waals surface area contributed by atoms with E-state index in [0.717, 1.165) is 0 Å². The second-order valence-corrected chi connectivity index (χ2v) is 12.9. The van der Waals surface area contributed by atoms with Crippen LogP contribution in [0.15, 0.2) is 30.6 Å². The number of hydrogen-bond acceptors (Lipinski definition) is 9. The van der Waals surface area contributed by atoms with Gasteiger partial charge in [-0.3, -0.25) is 9.88 Å². The van der Waals surface area contributed by atoms with Crippen LogP contribution in [0.1, 0.15) is 79.0 Å². The molecule has 0 saturated heterocycles. The number of amides is 1. The SMILES string of the molecule is CC(C)(C)OC[C@@H](C(=O)OC(C)(C)C)N(Cc1cc(Cl)c(O)cc1OCc1cncc(C#N)c1)C(=O)OC(C)(C)C. The summed E-state index contributed by atoms with van der Waals surface area (Å²) in [5.41, 5.74) is -0.976. The van der Waals surface area contributed by atoms with Gasteiger partial charge in [-0.05, 0) is 74.4 Å². The van der Waals surface area contributed by atoms with Crippen LogP contribution >= 0.6 is 11.6 Å². The first kappa shape index (κ1) is 33.7. The number of carbonyl (C=O) groups excluding carboxylic acids is 2. The van der Waals surface area contributed by atoms with Gasteiger partial charge in [0.1, 0.15) is 35.4 Å². The molecule has 224 valence electrons. The Hall–Kier alpha value is -3.55. The summed E-state index contributed by atoms with van der Waals surface area (Å²) in [6.45, 7) is 15.5. The van der Waals surface area contributed by atoms with Crippen molar-refractivity contribution in [3.05, 3.63) is 52.3 Å². The number of benzene rings is 1. The highest BCUT2D eigenvalue weighted by molar-refractivity contribution is 6.32. The van der Waals surface area contributed by atoms with Crippen LogP contribution in [-0.4, -0.2) is 56.5 Å². The van der Waals surface area contributed by atoms with Crippen molar-refractivity contribution in [2.45, 2.75) is 98.3 Å². The standard InChI is InChI=1S/C30H40ClN3O7/c1-28(2,3)39-18-23(26(36)40-29(4,5)6)34(27(37)41-30(7,8)9)16-21-11-22(31)24(35)12-25(21)38-17-20-10-19(13-32)14-33-15-20/h10-12,14-15,23,35H,16-18H2,1-9H3/t23-/m0/s1. The Morgan fingerprint density at radius 1 is 1.00 bits per heavy atom. The number of aromatic nitrogens is 1. The van der Waals surface area contributed by atoms with E-state index >= 15 is 0 Å². The summed E-state index contributed by atoms with van der Waals surface area (Å²) in [6.07, 6.45) is 2.19. The number of phenols is 1. The Bertz CT molecular complexity index is 1270. The van der Waals surface area contributed by atoms with Gasteiger partial charge in [-0.2, -0.15) is 5.26 Å². The number of pyridine rings is 1. The highest BCUT2D eigenvalue weighted by atomic mass is 35.5. The molecule has 0 aliphatic rings. The number of nitrogens with zero attached hydrogens (tertiary/aromatic N) is 3. The largest absolute Gasteiger partial charge is 0.506 e. The minimum Gasteiger partial charge on any atom is -0.506 e. The van der Waals surface area contributed by atoms with Crippen molar-refractivity contribution in [3.8, 4) is 17.6 Å². The smallest absolute Gasteiger partial charge is 0.411 e. The van der Waals surface area contributed by atoms with Crippen LogP contribution in [0.3, 0.4) is 0 Å². The fourth-order valence-corrected chi connectivity index (χ4v) is 3.61. The number of nitriles is 1. The first-order valence-electron chi connectivity index (χ1n) is 13.1. The van der Waals surface area contributed by atoms with Gasteiger partial charge >= 0.3 is 12.1 Å². The molecular weight excluding hydrogens is 550 g/mol. The lowest BCUT2D eigenvalue weighted by Crippen LogP contribution is -2.51. The summed E-state index contributed by atoms with van der Waals surface area (Å²) >= 11 is 6.26. The van der Waals surface area contributed by atoms with E-state index < -0.39 is 34.9 Å². The lowest BCUT2D eigenvalue weighted by Gasteiger charge is -2.35. The van der Waals surface area contributed by atoms with Gasteiger partial charge in [0.05, 0.1) is 29.3 Å². The summed E-state index contributed by atoms with van der Waals surface area (Å²) in [6, 6.07) is 5.22. The molecule has 0 fully saturated rings. The fourth-order valence-electron chi connectivity index (χ4n) is 3.42. The molecule has 1 heterocycles. The Morgan fingerprint density at radius 3 is 2.20 bits per heavy atom. The first-order valence-corrected chi connectivity index (χ1v) is 13.5. The third-order valence-corrected chi connectivity index (χ3v) is 5.45. The molecule has 10 nitrogen and oxygen atoms in total. The Labute approximate surface area is 247 Å². The van der Waals surface area contributed by atoms with Crippen molar-refractivity contribution in [3.63, 3.8) is 0 Å². The highest BCUT2D eigenvalue weighted by Crippen LogP contribution is 2.34. The lowest BCUT2D eigenvalue weighted by molar-refractivity contribution is -0.166. The van der Waals surface area contributed by atoms with Crippen LogP contribution in [0.25, 0.3) is 0 Å². The van der Waals surface area contributed by atoms with E-state index in [-0.39, 0.29) is 36.3 Å². The number of aromatic hydroxyl groups is 1. The Balaban J connectivity index is 2.55. The topological polar surface area (TPSA) is 131 Å². The third-order valence-electron chi connectivity index (χ3n) is 5.15. The van der Waals surface area contributed by atoms with E-state index in [1.807, 2.05) is 26.8 Å². The van der Waals surface area contributed by atoms with Gasteiger partial charge in [0.2, 0.25) is 0 Å². The molecule has 11 heteroatoms. The molecule has 2 rings (SSSR count). The van der Waals surface area contributed by atoms with Crippen LogP contribution < -0.4 is 4.74 Å². The zero-order valence-electron chi connectivity index (χ0n) is 25.2. The molecule has 0 saturated carbocycles. The predicted octanol–water partition coefficient (Wildman–Crippen LogP) is 6.15.